The summed E-state index contributed by atoms with van der Waals surface area (Å²) in [6.45, 7) is 0. The molecule has 0 spiro atoms. The van der Waals surface area contributed by atoms with Crippen LogP contribution in [0.1, 0.15) is 22.7 Å². The molecule has 2 nitrogen and oxygen atoms in total. The van der Waals surface area contributed by atoms with Gasteiger partial charge in [0.15, 0.2) is 0 Å². The van der Waals surface area contributed by atoms with E-state index in [0.717, 1.165) is 28.0 Å². The minimum atomic E-state index is -0.0403. The fourth-order valence-electron chi connectivity index (χ4n) is 8.92. The zero-order valence-electron chi connectivity index (χ0n) is 34.1. The Morgan fingerprint density at radius 2 is 0.903 bits per heavy atom. The summed E-state index contributed by atoms with van der Waals surface area (Å²) < 4.78 is 0. The lowest BCUT2D eigenvalue weighted by atomic mass is 9.90. The number of hydrogen-bond acceptors (Lipinski definition) is 2. The molecule has 0 amide bonds. The molecule has 292 valence electrons. The smallest absolute Gasteiger partial charge is 0.0722 e. The monoisotopic (exact) mass is 790 g/mol. The van der Waals surface area contributed by atoms with Crippen molar-refractivity contribution in [3.63, 3.8) is 0 Å². The van der Waals surface area contributed by atoms with Gasteiger partial charge in [-0.15, -0.1) is 0 Å². The minimum absolute atomic E-state index is 0.0403. The van der Waals surface area contributed by atoms with E-state index in [9.17, 15) is 0 Å². The quantitative estimate of drug-likeness (QED) is 0.155. The highest BCUT2D eigenvalue weighted by molar-refractivity contribution is 6.14. The highest BCUT2D eigenvalue weighted by atomic mass is 14.9. The Balaban J connectivity index is 1.00. The SMILES string of the molecule is C1=C(c2cccc(-c3ccc4c(ccc5nc(-c6ccccc6)cc(-c6ccccc6)c54)c3)c2)C=C(c2cccc(-c3ccccc3)c2)NC1c1cccc(-c2ccccc2)c1. The van der Waals surface area contributed by atoms with Crippen LogP contribution >= 0.6 is 0 Å². The van der Waals surface area contributed by atoms with Crippen molar-refractivity contribution in [2.75, 3.05) is 0 Å². The van der Waals surface area contributed by atoms with Crippen molar-refractivity contribution in [2.24, 2.45) is 0 Å². The number of nitrogens with zero attached hydrogens (tertiary/aromatic N) is 1. The van der Waals surface area contributed by atoms with Gasteiger partial charge in [0.05, 0.1) is 17.3 Å². The molecule has 0 fully saturated rings. The molecule has 1 aliphatic heterocycles. The molecule has 0 aliphatic carbocycles. The second kappa shape index (κ2) is 16.2. The van der Waals surface area contributed by atoms with Crippen LogP contribution in [0.15, 0.2) is 243 Å². The highest BCUT2D eigenvalue weighted by Gasteiger charge is 2.20. The standard InChI is InChI=1S/C60H42N2/c1-5-16-41(17-6-1)45-24-14-28-51(36-45)57-38-53(39-58(62-57)52-29-15-25-46(37-52)42-18-7-2-8-19-42)48-27-13-26-47(34-48)49-30-32-54-50(35-49)31-33-56-60(54)55(43-20-9-3-10-21-43)40-59(61-56)44-22-11-4-12-23-44/h1-40,57,62H. The van der Waals surface area contributed by atoms with Crippen LogP contribution in [0, 0.1) is 0 Å². The average Bonchev–Trinajstić information content (AvgIpc) is 3.37. The van der Waals surface area contributed by atoms with Crippen LogP contribution in [0.25, 0.3) is 88.7 Å². The molecule has 10 aromatic rings. The molecule has 62 heavy (non-hydrogen) atoms. The van der Waals surface area contributed by atoms with E-state index in [0.29, 0.717) is 0 Å². The fraction of sp³-hybridized carbons (Fsp3) is 0.0167. The summed E-state index contributed by atoms with van der Waals surface area (Å²) in [5.74, 6) is 0. The summed E-state index contributed by atoms with van der Waals surface area (Å²) in [5.41, 5.74) is 18.4. The van der Waals surface area contributed by atoms with Crippen LogP contribution in [0.4, 0.5) is 0 Å². The third-order valence-corrected chi connectivity index (χ3v) is 12.1. The Morgan fingerprint density at radius 1 is 0.371 bits per heavy atom. The molecular formula is C60H42N2. The van der Waals surface area contributed by atoms with Crippen molar-refractivity contribution >= 4 is 32.9 Å². The van der Waals surface area contributed by atoms with E-state index in [4.69, 9.17) is 4.98 Å². The maximum atomic E-state index is 5.21. The van der Waals surface area contributed by atoms with E-state index in [2.05, 4.69) is 248 Å². The van der Waals surface area contributed by atoms with Crippen molar-refractivity contribution < 1.29 is 0 Å². The van der Waals surface area contributed by atoms with Crippen LogP contribution in [-0.2, 0) is 0 Å². The normalized spacial score (nSPS) is 13.6. The topological polar surface area (TPSA) is 24.9 Å². The summed E-state index contributed by atoms with van der Waals surface area (Å²) in [7, 11) is 0. The Labute approximate surface area is 362 Å². The van der Waals surface area contributed by atoms with Gasteiger partial charge in [-0.3, -0.25) is 0 Å². The van der Waals surface area contributed by atoms with E-state index in [1.807, 2.05) is 0 Å². The van der Waals surface area contributed by atoms with Crippen molar-refractivity contribution in [2.45, 2.75) is 6.04 Å². The number of rotatable bonds is 8. The number of dihydropyridines is 1. The molecule has 1 unspecified atom stereocenters. The molecule has 0 bridgehead atoms. The Bertz CT molecular complexity index is 3290. The van der Waals surface area contributed by atoms with Crippen LogP contribution in [0.3, 0.4) is 0 Å². The molecule has 2 heterocycles. The first-order valence-electron chi connectivity index (χ1n) is 21.3. The lowest BCUT2D eigenvalue weighted by molar-refractivity contribution is 0.767. The second-order valence-corrected chi connectivity index (χ2v) is 16.0. The molecule has 0 saturated carbocycles. The van der Waals surface area contributed by atoms with Crippen molar-refractivity contribution in [1.29, 1.82) is 0 Å². The summed E-state index contributed by atoms with van der Waals surface area (Å²) in [4.78, 5) is 5.21. The minimum Gasteiger partial charge on any atom is -0.374 e. The predicted octanol–water partition coefficient (Wildman–Crippen LogP) is 15.5. The number of allylic oxidation sites excluding steroid dienone is 2. The van der Waals surface area contributed by atoms with Crippen molar-refractivity contribution in [3.8, 4) is 55.8 Å². The molecule has 1 aromatic heterocycles. The first-order chi connectivity index (χ1) is 30.7. The van der Waals surface area contributed by atoms with Crippen LogP contribution < -0.4 is 5.32 Å². The Hall–Kier alpha value is -8.07. The third-order valence-electron chi connectivity index (χ3n) is 12.1. The van der Waals surface area contributed by atoms with E-state index < -0.39 is 0 Å². The van der Waals surface area contributed by atoms with E-state index >= 15 is 0 Å². The predicted molar refractivity (Wildman–Crippen MR) is 261 cm³/mol. The van der Waals surface area contributed by atoms with Crippen LogP contribution in [-0.4, -0.2) is 4.98 Å². The summed E-state index contributed by atoms with van der Waals surface area (Å²) >= 11 is 0. The molecule has 11 rings (SSSR count). The van der Waals surface area contributed by atoms with Gasteiger partial charge in [-0.2, -0.15) is 0 Å². The van der Waals surface area contributed by atoms with Gasteiger partial charge in [-0.1, -0.05) is 194 Å². The molecule has 2 heteroatoms. The summed E-state index contributed by atoms with van der Waals surface area (Å²) in [6, 6.07) is 82.7. The van der Waals surface area contributed by atoms with Gasteiger partial charge in [0.1, 0.15) is 0 Å². The largest absolute Gasteiger partial charge is 0.374 e. The lowest BCUT2D eigenvalue weighted by Gasteiger charge is -2.26. The van der Waals surface area contributed by atoms with Crippen LogP contribution in [0.2, 0.25) is 0 Å². The Morgan fingerprint density at radius 3 is 1.60 bits per heavy atom. The van der Waals surface area contributed by atoms with E-state index in [-0.39, 0.29) is 6.04 Å². The van der Waals surface area contributed by atoms with Crippen molar-refractivity contribution in [3.05, 3.63) is 259 Å². The molecular weight excluding hydrogens is 749 g/mol. The molecule has 1 atom stereocenters. The first kappa shape index (κ1) is 37.0. The third kappa shape index (κ3) is 7.29. The summed E-state index contributed by atoms with van der Waals surface area (Å²) in [5, 5.41) is 7.49. The number of nitrogens with one attached hydrogen (secondary N) is 1. The van der Waals surface area contributed by atoms with Gasteiger partial charge in [0.25, 0.3) is 0 Å². The number of fused-ring (bicyclic) bond motifs is 3. The number of hydrogen-bond donors (Lipinski definition) is 1. The van der Waals surface area contributed by atoms with Gasteiger partial charge < -0.3 is 5.32 Å². The molecule has 0 saturated heterocycles. The number of aromatic nitrogens is 1. The average molecular weight is 791 g/mol. The van der Waals surface area contributed by atoms with Crippen LogP contribution in [0.5, 0.6) is 0 Å². The maximum absolute atomic E-state index is 5.21. The van der Waals surface area contributed by atoms with E-state index in [1.54, 1.807) is 0 Å². The first-order valence-corrected chi connectivity index (χ1v) is 21.3. The number of pyridine rings is 1. The van der Waals surface area contributed by atoms with Gasteiger partial charge in [0.2, 0.25) is 0 Å². The van der Waals surface area contributed by atoms with Crippen molar-refractivity contribution in [1.82, 2.24) is 10.3 Å². The van der Waals surface area contributed by atoms with Gasteiger partial charge >= 0.3 is 0 Å². The zero-order chi connectivity index (χ0) is 41.2. The van der Waals surface area contributed by atoms with E-state index in [1.165, 1.54) is 77.4 Å². The molecule has 1 aliphatic rings. The second-order valence-electron chi connectivity index (χ2n) is 16.0. The molecule has 9 aromatic carbocycles. The van der Waals surface area contributed by atoms with Gasteiger partial charge in [-0.05, 0) is 126 Å². The van der Waals surface area contributed by atoms with Gasteiger partial charge in [0, 0.05) is 16.6 Å². The molecule has 1 N–H and O–H groups in total. The fourth-order valence-corrected chi connectivity index (χ4v) is 8.92. The maximum Gasteiger partial charge on any atom is 0.0722 e. The highest BCUT2D eigenvalue weighted by Crippen LogP contribution is 2.39. The lowest BCUT2D eigenvalue weighted by Crippen LogP contribution is -2.21. The molecule has 0 radical (unpaired) electrons. The number of benzene rings is 9. The Kier molecular flexibility index (Phi) is 9.65. The van der Waals surface area contributed by atoms with Gasteiger partial charge in [-0.25, -0.2) is 4.98 Å². The zero-order valence-corrected chi connectivity index (χ0v) is 34.1. The summed E-state index contributed by atoms with van der Waals surface area (Å²) in [6.07, 6.45) is 4.69.